The maximum Gasteiger partial charge on any atom is 0.405 e. The third-order valence-electron chi connectivity index (χ3n) is 7.83. The molecule has 0 radical (unpaired) electrons. The maximum atomic E-state index is 11.7. The molecule has 6 rings (SSSR count). The largest absolute Gasteiger partial charge is 0.506 e. The number of aliphatic hydroxyl groups excluding tert-OH is 1. The number of carbonyl (C=O) groups is 1. The lowest BCUT2D eigenvalue weighted by molar-refractivity contribution is 0.176. The molecule has 0 aliphatic rings. The molecule has 2 unspecified atom stereocenters. The SMILES string of the molecule is O=C(O)NC(c1ccccc1)c1cccc(OCc2nc(-c3ccc(CCNCC(O)c4ccc(O)c5[nH]c(=O)ccc45)cc3)no2)c1. The van der Waals surface area contributed by atoms with E-state index in [0.29, 0.717) is 53.4 Å². The van der Waals surface area contributed by atoms with Crippen molar-refractivity contribution in [2.24, 2.45) is 0 Å². The molecule has 12 nitrogen and oxygen atoms in total. The number of aromatic amines is 1. The maximum absolute atomic E-state index is 11.7. The van der Waals surface area contributed by atoms with E-state index in [0.717, 1.165) is 22.3 Å². The molecule has 48 heavy (non-hydrogen) atoms. The third kappa shape index (κ3) is 7.69. The molecule has 0 aliphatic carbocycles. The van der Waals surface area contributed by atoms with Gasteiger partial charge in [0.2, 0.25) is 11.4 Å². The molecule has 0 saturated carbocycles. The zero-order valence-electron chi connectivity index (χ0n) is 25.7. The summed E-state index contributed by atoms with van der Waals surface area (Å²) in [6, 6.07) is 29.8. The number of hydrogen-bond acceptors (Lipinski definition) is 9. The van der Waals surface area contributed by atoms with Gasteiger partial charge in [-0.25, -0.2) is 4.79 Å². The van der Waals surface area contributed by atoms with E-state index in [1.54, 1.807) is 30.3 Å². The van der Waals surface area contributed by atoms with Gasteiger partial charge in [0.25, 0.3) is 5.89 Å². The minimum absolute atomic E-state index is 0.0340. The van der Waals surface area contributed by atoms with Gasteiger partial charge >= 0.3 is 6.09 Å². The first-order valence-electron chi connectivity index (χ1n) is 15.3. The Kier molecular flexibility index (Phi) is 9.75. The number of benzene rings is 4. The number of nitrogens with zero attached hydrogens (tertiary/aromatic N) is 2. The van der Waals surface area contributed by atoms with Crippen LogP contribution in [0.3, 0.4) is 0 Å². The van der Waals surface area contributed by atoms with E-state index >= 15 is 0 Å². The fourth-order valence-corrected chi connectivity index (χ4v) is 5.44. The van der Waals surface area contributed by atoms with Gasteiger partial charge in [-0.15, -0.1) is 0 Å². The lowest BCUT2D eigenvalue weighted by Crippen LogP contribution is -2.27. The van der Waals surface area contributed by atoms with Crippen LogP contribution in [0.4, 0.5) is 4.79 Å². The molecule has 244 valence electrons. The van der Waals surface area contributed by atoms with Crippen LogP contribution in [0.1, 0.15) is 40.3 Å². The fraction of sp³-hybridized carbons (Fsp3) is 0.167. The van der Waals surface area contributed by atoms with Gasteiger partial charge in [0.15, 0.2) is 6.61 Å². The van der Waals surface area contributed by atoms with Gasteiger partial charge in [0, 0.05) is 23.6 Å². The number of H-pyrrole nitrogens is 1. The Morgan fingerprint density at radius 1 is 0.938 bits per heavy atom. The number of phenols is 1. The molecule has 2 atom stereocenters. The number of nitrogens with one attached hydrogen (secondary N) is 3. The van der Waals surface area contributed by atoms with Crippen molar-refractivity contribution in [1.82, 2.24) is 25.8 Å². The highest BCUT2D eigenvalue weighted by Gasteiger charge is 2.18. The number of phenolic OH excluding ortho intramolecular Hbond substituents is 1. The normalized spacial score (nSPS) is 12.4. The summed E-state index contributed by atoms with van der Waals surface area (Å²) in [4.78, 5) is 30.2. The first-order chi connectivity index (χ1) is 23.3. The Bertz CT molecular complexity index is 2060. The molecule has 0 fully saturated rings. The van der Waals surface area contributed by atoms with Crippen molar-refractivity contribution < 1.29 is 29.4 Å². The number of fused-ring (bicyclic) bond motifs is 1. The number of hydrogen-bond donors (Lipinski definition) is 6. The van der Waals surface area contributed by atoms with Crippen molar-refractivity contribution in [1.29, 1.82) is 0 Å². The van der Waals surface area contributed by atoms with E-state index in [4.69, 9.17) is 9.26 Å². The number of ether oxygens (including phenoxy) is 1. The molecule has 0 bridgehead atoms. The van der Waals surface area contributed by atoms with Crippen LogP contribution in [-0.4, -0.2) is 49.6 Å². The van der Waals surface area contributed by atoms with E-state index in [1.165, 1.54) is 12.1 Å². The second kappa shape index (κ2) is 14.6. The summed E-state index contributed by atoms with van der Waals surface area (Å²) in [6.45, 7) is 0.945. The molecule has 12 heteroatoms. The summed E-state index contributed by atoms with van der Waals surface area (Å²) in [5, 5.41) is 40.7. The summed E-state index contributed by atoms with van der Waals surface area (Å²) in [5.74, 6) is 1.19. The lowest BCUT2D eigenvalue weighted by Gasteiger charge is -2.18. The van der Waals surface area contributed by atoms with Gasteiger partial charge in [-0.3, -0.25) is 4.79 Å². The number of aliphatic hydroxyl groups is 1. The van der Waals surface area contributed by atoms with E-state index < -0.39 is 18.2 Å². The smallest absolute Gasteiger partial charge is 0.405 e. The van der Waals surface area contributed by atoms with Gasteiger partial charge in [-0.05, 0) is 59.5 Å². The molecular weight excluding hydrogens is 614 g/mol. The van der Waals surface area contributed by atoms with Crippen molar-refractivity contribution in [3.05, 3.63) is 142 Å². The molecular formula is C36H33N5O7. The Morgan fingerprint density at radius 3 is 2.52 bits per heavy atom. The standard InChI is InChI=1S/C36H33N5O7/c42-29-15-13-27(28-14-16-31(44)38-34(28)29)30(43)20-37-18-17-22-9-11-24(12-10-22)35-39-32(48-41-35)21-47-26-8-4-7-25(19-26)33(40-36(45)46)23-5-2-1-3-6-23/h1-16,19,30,33,37,40,42-43H,17-18,20-21H2,(H,38,44)(H,45,46). The topological polar surface area (TPSA) is 183 Å². The predicted octanol–water partition coefficient (Wildman–Crippen LogP) is 5.09. The number of amides is 1. The van der Waals surface area contributed by atoms with Gasteiger partial charge in [0.05, 0.1) is 17.7 Å². The second-order valence-corrected chi connectivity index (χ2v) is 11.1. The van der Waals surface area contributed by atoms with E-state index in [1.807, 2.05) is 60.7 Å². The first-order valence-corrected chi connectivity index (χ1v) is 15.3. The van der Waals surface area contributed by atoms with Gasteiger partial charge < -0.3 is 40.2 Å². The minimum Gasteiger partial charge on any atom is -0.506 e. The number of aromatic hydroxyl groups is 1. The molecule has 1 amide bonds. The molecule has 2 aromatic heterocycles. The van der Waals surface area contributed by atoms with Crippen molar-refractivity contribution in [2.75, 3.05) is 13.1 Å². The average molecular weight is 648 g/mol. The molecule has 6 N–H and O–H groups in total. The third-order valence-corrected chi connectivity index (χ3v) is 7.83. The summed E-state index contributed by atoms with van der Waals surface area (Å²) < 4.78 is 11.3. The molecule has 0 aliphatic heterocycles. The zero-order valence-corrected chi connectivity index (χ0v) is 25.7. The van der Waals surface area contributed by atoms with Crippen molar-refractivity contribution in [2.45, 2.75) is 25.2 Å². The average Bonchev–Trinajstić information content (AvgIpc) is 3.58. The molecule has 4 aromatic carbocycles. The molecule has 2 heterocycles. The molecule has 6 aromatic rings. The summed E-state index contributed by atoms with van der Waals surface area (Å²) in [6.07, 6.45) is -1.24. The van der Waals surface area contributed by atoms with Crippen molar-refractivity contribution in [3.63, 3.8) is 0 Å². The Hall–Kier alpha value is -5.98. The van der Waals surface area contributed by atoms with Gasteiger partial charge in [-0.2, -0.15) is 4.98 Å². The van der Waals surface area contributed by atoms with E-state index in [2.05, 4.69) is 25.8 Å². The number of pyridine rings is 1. The van der Waals surface area contributed by atoms with Crippen molar-refractivity contribution >= 4 is 17.0 Å². The second-order valence-electron chi connectivity index (χ2n) is 11.1. The van der Waals surface area contributed by atoms with Gasteiger partial charge in [0.1, 0.15) is 11.5 Å². The number of rotatable bonds is 13. The van der Waals surface area contributed by atoms with Crippen LogP contribution < -0.4 is 20.9 Å². The van der Waals surface area contributed by atoms with Crippen molar-refractivity contribution in [3.8, 4) is 22.9 Å². The highest BCUT2D eigenvalue weighted by atomic mass is 16.5. The Morgan fingerprint density at radius 2 is 1.73 bits per heavy atom. The molecule has 0 spiro atoms. The molecule has 0 saturated heterocycles. The first kappa shape index (κ1) is 32.0. The number of aromatic nitrogens is 3. The Balaban J connectivity index is 1.01. The summed E-state index contributed by atoms with van der Waals surface area (Å²) in [5.41, 5.74) is 3.97. The van der Waals surface area contributed by atoms with E-state index in [9.17, 15) is 24.9 Å². The van der Waals surface area contributed by atoms with Crippen LogP contribution >= 0.6 is 0 Å². The predicted molar refractivity (Wildman–Crippen MR) is 178 cm³/mol. The van der Waals surface area contributed by atoms with Crippen LogP contribution in [-0.2, 0) is 13.0 Å². The highest BCUT2D eigenvalue weighted by Crippen LogP contribution is 2.29. The number of carboxylic acid groups (broad SMARTS) is 1. The van der Waals surface area contributed by atoms with Crippen LogP contribution in [0.15, 0.2) is 112 Å². The zero-order chi connectivity index (χ0) is 33.5. The summed E-state index contributed by atoms with van der Waals surface area (Å²) >= 11 is 0. The quantitative estimate of drug-likeness (QED) is 0.0924. The monoisotopic (exact) mass is 647 g/mol. The lowest BCUT2D eigenvalue weighted by atomic mass is 9.99. The Labute approximate surface area is 274 Å². The van der Waals surface area contributed by atoms with Crippen LogP contribution in [0.2, 0.25) is 0 Å². The van der Waals surface area contributed by atoms with E-state index in [-0.39, 0.29) is 17.9 Å². The summed E-state index contributed by atoms with van der Waals surface area (Å²) in [7, 11) is 0. The fourth-order valence-electron chi connectivity index (χ4n) is 5.44. The van der Waals surface area contributed by atoms with Gasteiger partial charge in [-0.1, -0.05) is 78.0 Å². The minimum atomic E-state index is -1.13. The van der Waals surface area contributed by atoms with Crippen LogP contribution in [0.25, 0.3) is 22.3 Å². The van der Waals surface area contributed by atoms with Crippen LogP contribution in [0, 0.1) is 0 Å². The van der Waals surface area contributed by atoms with Crippen LogP contribution in [0.5, 0.6) is 11.5 Å². The highest BCUT2D eigenvalue weighted by molar-refractivity contribution is 5.87.